The van der Waals surface area contributed by atoms with Crippen LogP contribution in [0.3, 0.4) is 0 Å². The van der Waals surface area contributed by atoms with Gasteiger partial charge in [0.25, 0.3) is 0 Å². The molecule has 0 saturated heterocycles. The molecule has 12 rings (SSSR count). The van der Waals surface area contributed by atoms with Gasteiger partial charge >= 0.3 is 0 Å². The minimum absolute atomic E-state index is 0.590. The summed E-state index contributed by atoms with van der Waals surface area (Å²) in [7, 11) is 0. The second-order valence-corrected chi connectivity index (χ2v) is 15.4. The van der Waals surface area contributed by atoms with Gasteiger partial charge in [-0.1, -0.05) is 127 Å². The lowest BCUT2D eigenvalue weighted by atomic mass is 10.0. The fourth-order valence-electron chi connectivity index (χ4n) is 8.22. The maximum Gasteiger partial charge on any atom is 0.239 e. The number of para-hydroxylation sites is 3. The lowest BCUT2D eigenvalue weighted by Crippen LogP contribution is -2.10. The van der Waals surface area contributed by atoms with Gasteiger partial charge in [-0.05, 0) is 47.2 Å². The zero-order valence-electron chi connectivity index (χ0n) is 27.5. The highest BCUT2D eigenvalue weighted by atomic mass is 32.2. The first kappa shape index (κ1) is 28.4. The van der Waals surface area contributed by atoms with Crippen LogP contribution in [0, 0.1) is 0 Å². The summed E-state index contributed by atoms with van der Waals surface area (Å²) in [4.78, 5) is 18.7. The van der Waals surface area contributed by atoms with Gasteiger partial charge < -0.3 is 0 Å². The molecule has 0 fully saturated rings. The van der Waals surface area contributed by atoms with Gasteiger partial charge in [-0.15, -0.1) is 11.3 Å². The molecule has 7 aromatic carbocycles. The summed E-state index contributed by atoms with van der Waals surface area (Å²) in [5.74, 6) is 1.89. The summed E-state index contributed by atoms with van der Waals surface area (Å²) in [6.07, 6.45) is 0. The van der Waals surface area contributed by atoms with Crippen LogP contribution in [-0.4, -0.2) is 24.1 Å². The highest BCUT2D eigenvalue weighted by Crippen LogP contribution is 2.49. The molecule has 1 aliphatic heterocycles. The normalized spacial score (nSPS) is 12.5. The van der Waals surface area contributed by atoms with Crippen LogP contribution in [0.2, 0.25) is 0 Å². The van der Waals surface area contributed by atoms with Crippen molar-refractivity contribution in [1.29, 1.82) is 0 Å². The Labute approximate surface area is 305 Å². The zero-order chi connectivity index (χ0) is 33.9. The van der Waals surface area contributed by atoms with Crippen molar-refractivity contribution in [2.75, 3.05) is 0 Å². The SMILES string of the molecule is c1ccc2c(c1)Sc1cccc3c4c5ccccc5n(-c5nc(-c6cccc7ccccc67)nc(-c6cccc7sc8ccccc8c67)n5)c4n-2c13. The second-order valence-electron chi connectivity index (χ2n) is 13.2. The Morgan fingerprint density at radius 3 is 2.04 bits per heavy atom. The van der Waals surface area contributed by atoms with Gasteiger partial charge in [-0.3, -0.25) is 9.13 Å². The molecule has 4 aromatic heterocycles. The van der Waals surface area contributed by atoms with E-state index >= 15 is 0 Å². The minimum atomic E-state index is 0.590. The number of benzene rings is 7. The Morgan fingerprint density at radius 1 is 0.442 bits per heavy atom. The largest absolute Gasteiger partial charge is 0.293 e. The van der Waals surface area contributed by atoms with Crippen LogP contribution in [0.4, 0.5) is 0 Å². The molecular formula is C45H25N5S2. The van der Waals surface area contributed by atoms with Crippen molar-refractivity contribution in [1.82, 2.24) is 24.1 Å². The molecule has 0 atom stereocenters. The number of thiophene rings is 1. The number of nitrogens with zero attached hydrogens (tertiary/aromatic N) is 5. The molecule has 242 valence electrons. The molecule has 0 spiro atoms. The molecule has 0 N–H and O–H groups in total. The topological polar surface area (TPSA) is 48.5 Å². The molecular weight excluding hydrogens is 675 g/mol. The molecule has 0 radical (unpaired) electrons. The van der Waals surface area contributed by atoms with Crippen molar-refractivity contribution < 1.29 is 0 Å². The maximum absolute atomic E-state index is 5.46. The van der Waals surface area contributed by atoms with Crippen LogP contribution in [0.1, 0.15) is 0 Å². The second kappa shape index (κ2) is 10.6. The third-order valence-corrected chi connectivity index (χ3v) is 12.6. The Hall–Kier alpha value is -6.28. The summed E-state index contributed by atoms with van der Waals surface area (Å²) >= 11 is 3.64. The van der Waals surface area contributed by atoms with E-state index in [0.717, 1.165) is 38.8 Å². The fraction of sp³-hybridized carbons (Fsp3) is 0. The van der Waals surface area contributed by atoms with E-state index < -0.39 is 0 Å². The molecule has 5 nitrogen and oxygen atoms in total. The van der Waals surface area contributed by atoms with Crippen molar-refractivity contribution in [3.05, 3.63) is 152 Å². The summed E-state index contributed by atoms with van der Waals surface area (Å²) in [5, 5.41) is 8.23. The van der Waals surface area contributed by atoms with Crippen LogP contribution < -0.4 is 0 Å². The third kappa shape index (κ3) is 3.86. The van der Waals surface area contributed by atoms with Crippen molar-refractivity contribution in [2.24, 2.45) is 0 Å². The molecule has 5 heterocycles. The highest BCUT2D eigenvalue weighted by molar-refractivity contribution is 7.99. The van der Waals surface area contributed by atoms with Gasteiger partial charge in [0.15, 0.2) is 11.6 Å². The first-order chi connectivity index (χ1) is 25.8. The van der Waals surface area contributed by atoms with Crippen molar-refractivity contribution in [3.63, 3.8) is 0 Å². The zero-order valence-corrected chi connectivity index (χ0v) is 29.1. The lowest BCUT2D eigenvalue weighted by molar-refractivity contribution is 0.928. The number of hydrogen-bond donors (Lipinski definition) is 0. The predicted molar refractivity (Wildman–Crippen MR) is 216 cm³/mol. The molecule has 0 aliphatic carbocycles. The van der Waals surface area contributed by atoms with Gasteiger partial charge in [0, 0.05) is 57.2 Å². The van der Waals surface area contributed by atoms with E-state index in [1.54, 1.807) is 11.3 Å². The minimum Gasteiger partial charge on any atom is -0.293 e. The van der Waals surface area contributed by atoms with Crippen molar-refractivity contribution in [3.8, 4) is 34.4 Å². The molecule has 1 aliphatic rings. The maximum atomic E-state index is 5.46. The quantitative estimate of drug-likeness (QED) is 0.184. The number of fused-ring (bicyclic) bond motifs is 11. The van der Waals surface area contributed by atoms with Crippen LogP contribution >= 0.6 is 23.1 Å². The number of rotatable bonds is 3. The molecule has 0 saturated carbocycles. The highest BCUT2D eigenvalue weighted by Gasteiger charge is 2.29. The van der Waals surface area contributed by atoms with E-state index in [0.29, 0.717) is 17.6 Å². The van der Waals surface area contributed by atoms with Crippen LogP contribution in [-0.2, 0) is 0 Å². The third-order valence-electron chi connectivity index (χ3n) is 10.4. The monoisotopic (exact) mass is 699 g/mol. The van der Waals surface area contributed by atoms with Crippen molar-refractivity contribution in [2.45, 2.75) is 9.79 Å². The Bertz CT molecular complexity index is 3290. The summed E-state index contributed by atoms with van der Waals surface area (Å²) in [5.41, 5.74) is 6.46. The van der Waals surface area contributed by atoms with Crippen LogP contribution in [0.25, 0.3) is 98.2 Å². The van der Waals surface area contributed by atoms with Gasteiger partial charge in [-0.25, -0.2) is 4.98 Å². The van der Waals surface area contributed by atoms with Gasteiger partial charge in [0.2, 0.25) is 5.95 Å². The predicted octanol–water partition coefficient (Wildman–Crippen LogP) is 12.2. The van der Waals surface area contributed by atoms with E-state index in [4.69, 9.17) is 15.0 Å². The van der Waals surface area contributed by atoms with E-state index in [1.165, 1.54) is 51.6 Å². The molecule has 7 heteroatoms. The molecule has 0 bridgehead atoms. The summed E-state index contributed by atoms with van der Waals surface area (Å²) in [6.45, 7) is 0. The molecule has 11 aromatic rings. The summed E-state index contributed by atoms with van der Waals surface area (Å²) in [6, 6.07) is 53.9. The number of aromatic nitrogens is 5. The van der Waals surface area contributed by atoms with Gasteiger partial charge in [-0.2, -0.15) is 9.97 Å². The Balaban J connectivity index is 1.26. The average Bonchev–Trinajstić information content (AvgIpc) is 3.86. The van der Waals surface area contributed by atoms with Crippen LogP contribution in [0.5, 0.6) is 0 Å². The molecule has 0 amide bonds. The fourth-order valence-corrected chi connectivity index (χ4v) is 10.4. The smallest absolute Gasteiger partial charge is 0.239 e. The van der Waals surface area contributed by atoms with Gasteiger partial charge in [0.1, 0.15) is 5.65 Å². The van der Waals surface area contributed by atoms with E-state index in [1.807, 2.05) is 11.8 Å². The average molecular weight is 700 g/mol. The lowest BCUT2D eigenvalue weighted by Gasteiger charge is -2.20. The standard InChI is InChI=1S/C45H25N5S2/c1-2-14-27-26(12-1)13-9-17-28(27)42-46-43(32-19-11-24-37-39(32)30-16-4-7-22-35(30)51-37)48-45(47-42)50-33-20-5-3-15-29(33)40-31-18-10-25-38-41(31)49(44(40)50)34-21-6-8-23-36(34)52-38/h1-25H. The van der Waals surface area contributed by atoms with E-state index in [9.17, 15) is 0 Å². The molecule has 52 heavy (non-hydrogen) atoms. The van der Waals surface area contributed by atoms with Crippen LogP contribution in [0.15, 0.2) is 161 Å². The Morgan fingerprint density at radius 2 is 1.10 bits per heavy atom. The number of hydrogen-bond acceptors (Lipinski definition) is 5. The van der Waals surface area contributed by atoms with E-state index in [2.05, 4.69) is 161 Å². The summed E-state index contributed by atoms with van der Waals surface area (Å²) < 4.78 is 7.16. The van der Waals surface area contributed by atoms with Gasteiger partial charge in [0.05, 0.1) is 16.7 Å². The molecule has 0 unspecified atom stereocenters. The van der Waals surface area contributed by atoms with E-state index in [-0.39, 0.29) is 0 Å². The van der Waals surface area contributed by atoms with Crippen molar-refractivity contribution >= 4 is 86.9 Å². The Kier molecular flexibility index (Phi) is 5.80. The first-order valence-electron chi connectivity index (χ1n) is 17.3. The first-order valence-corrected chi connectivity index (χ1v) is 18.9.